The maximum atomic E-state index is 13.5. The van der Waals surface area contributed by atoms with E-state index in [9.17, 15) is 18.0 Å². The molecule has 0 bridgehead atoms. The van der Waals surface area contributed by atoms with Gasteiger partial charge < -0.3 is 15.2 Å². The number of aromatic nitrogens is 3. The van der Waals surface area contributed by atoms with Gasteiger partial charge in [0.1, 0.15) is 17.2 Å². The second kappa shape index (κ2) is 9.71. The molecule has 10 heteroatoms. The van der Waals surface area contributed by atoms with E-state index >= 15 is 0 Å². The van der Waals surface area contributed by atoms with Crippen molar-refractivity contribution in [3.05, 3.63) is 77.5 Å². The topological polar surface area (TPSA) is 77.1 Å². The van der Waals surface area contributed by atoms with Gasteiger partial charge in [-0.2, -0.15) is 13.2 Å². The van der Waals surface area contributed by atoms with Gasteiger partial charge >= 0.3 is 6.18 Å². The number of imidazole rings is 1. The Kier molecular flexibility index (Phi) is 6.46. The number of pyridine rings is 1. The highest BCUT2D eigenvalue weighted by atomic mass is 19.4. The van der Waals surface area contributed by atoms with Gasteiger partial charge in [0.2, 0.25) is 0 Å². The molecular weight excluding hydrogens is 469 g/mol. The van der Waals surface area contributed by atoms with Crippen molar-refractivity contribution in [1.82, 2.24) is 24.8 Å². The van der Waals surface area contributed by atoms with Crippen LogP contribution in [0, 0.1) is 0 Å². The lowest BCUT2D eigenvalue weighted by atomic mass is 10.1. The molecule has 0 unspecified atom stereocenters. The number of fused-ring (bicyclic) bond motifs is 1. The Bertz CT molecular complexity index is 1370. The number of benzene rings is 2. The number of halogens is 3. The molecule has 1 saturated heterocycles. The van der Waals surface area contributed by atoms with Crippen LogP contribution >= 0.6 is 0 Å². The van der Waals surface area contributed by atoms with Gasteiger partial charge in [-0.05, 0) is 36.9 Å². The summed E-state index contributed by atoms with van der Waals surface area (Å²) in [6, 6.07) is 13.8. The standard InChI is InChI=1S/C26H25F3N6O/c1-34-11-13-35(14-12-34)16-17-9-10-22(30-15-17)32-25(36)19-6-4-8-21-23(19)33-24(31-21)18-5-2-3-7-20(18)26(27,28)29/h2-10,15H,11-14,16H2,1H3,(H,31,33)(H,30,32,36). The molecule has 0 aliphatic carbocycles. The molecule has 2 aromatic heterocycles. The Labute approximate surface area is 206 Å². The number of nitrogens with zero attached hydrogens (tertiary/aromatic N) is 4. The molecule has 1 amide bonds. The van der Waals surface area contributed by atoms with E-state index < -0.39 is 17.6 Å². The summed E-state index contributed by atoms with van der Waals surface area (Å²) in [5, 5.41) is 2.77. The van der Waals surface area contributed by atoms with Crippen LogP contribution in [-0.4, -0.2) is 63.9 Å². The molecule has 186 valence electrons. The maximum absolute atomic E-state index is 13.5. The minimum atomic E-state index is -4.53. The van der Waals surface area contributed by atoms with Crippen molar-refractivity contribution in [2.24, 2.45) is 0 Å². The number of aromatic amines is 1. The summed E-state index contributed by atoms with van der Waals surface area (Å²) in [7, 11) is 2.11. The molecule has 36 heavy (non-hydrogen) atoms. The normalized spacial score (nSPS) is 15.3. The van der Waals surface area contributed by atoms with Crippen molar-refractivity contribution in [1.29, 1.82) is 0 Å². The van der Waals surface area contributed by atoms with Crippen LogP contribution in [0.4, 0.5) is 19.0 Å². The number of amides is 1. The van der Waals surface area contributed by atoms with Crippen molar-refractivity contribution in [2.75, 3.05) is 38.5 Å². The summed E-state index contributed by atoms with van der Waals surface area (Å²) < 4.78 is 40.5. The summed E-state index contributed by atoms with van der Waals surface area (Å²) in [5.41, 5.74) is 1.17. The van der Waals surface area contributed by atoms with Crippen molar-refractivity contribution < 1.29 is 18.0 Å². The second-order valence-electron chi connectivity index (χ2n) is 8.92. The Balaban J connectivity index is 1.34. The zero-order chi connectivity index (χ0) is 25.3. The number of para-hydroxylation sites is 1. The van der Waals surface area contributed by atoms with E-state index in [-0.39, 0.29) is 22.5 Å². The Morgan fingerprint density at radius 1 is 1.03 bits per heavy atom. The van der Waals surface area contributed by atoms with E-state index in [1.807, 2.05) is 6.07 Å². The van der Waals surface area contributed by atoms with E-state index in [1.54, 1.807) is 30.5 Å². The highest BCUT2D eigenvalue weighted by Gasteiger charge is 2.34. The lowest BCUT2D eigenvalue weighted by Crippen LogP contribution is -2.43. The number of likely N-dealkylation sites (N-methyl/N-ethyl adjacent to an activating group) is 1. The first-order valence-corrected chi connectivity index (χ1v) is 11.6. The fourth-order valence-electron chi connectivity index (χ4n) is 4.32. The number of carbonyl (C=O) groups excluding carboxylic acids is 1. The molecule has 0 radical (unpaired) electrons. The van der Waals surface area contributed by atoms with Crippen LogP contribution in [0.15, 0.2) is 60.8 Å². The molecule has 1 aliphatic rings. The third kappa shape index (κ3) is 5.09. The lowest BCUT2D eigenvalue weighted by molar-refractivity contribution is -0.137. The van der Waals surface area contributed by atoms with Crippen LogP contribution in [0.1, 0.15) is 21.5 Å². The summed E-state index contributed by atoms with van der Waals surface area (Å²) in [6.45, 7) is 4.85. The van der Waals surface area contributed by atoms with Gasteiger partial charge in [-0.1, -0.05) is 30.3 Å². The van der Waals surface area contributed by atoms with Gasteiger partial charge in [0.05, 0.1) is 16.6 Å². The Hall–Kier alpha value is -3.76. The highest BCUT2D eigenvalue weighted by molar-refractivity contribution is 6.11. The minimum absolute atomic E-state index is 0.0459. The summed E-state index contributed by atoms with van der Waals surface area (Å²) in [6.07, 6.45) is -2.78. The predicted octanol–water partition coefficient (Wildman–Crippen LogP) is 4.64. The van der Waals surface area contributed by atoms with Gasteiger partial charge in [-0.15, -0.1) is 0 Å². The molecule has 4 aromatic rings. The summed E-state index contributed by atoms with van der Waals surface area (Å²) >= 11 is 0. The minimum Gasteiger partial charge on any atom is -0.338 e. The molecule has 0 atom stereocenters. The summed E-state index contributed by atoms with van der Waals surface area (Å²) in [5.74, 6) is -0.0102. The number of piperazine rings is 1. The Morgan fingerprint density at radius 2 is 1.81 bits per heavy atom. The van der Waals surface area contributed by atoms with Gasteiger partial charge in [0.15, 0.2) is 0 Å². The smallest absolute Gasteiger partial charge is 0.338 e. The Morgan fingerprint density at radius 3 is 2.53 bits per heavy atom. The summed E-state index contributed by atoms with van der Waals surface area (Å²) in [4.78, 5) is 29.3. The average Bonchev–Trinajstić information content (AvgIpc) is 3.30. The molecule has 7 nitrogen and oxygen atoms in total. The van der Waals surface area contributed by atoms with Crippen molar-refractivity contribution in [2.45, 2.75) is 12.7 Å². The molecule has 5 rings (SSSR count). The van der Waals surface area contributed by atoms with Crippen LogP contribution in [0.2, 0.25) is 0 Å². The predicted molar refractivity (Wildman–Crippen MR) is 131 cm³/mol. The first-order valence-electron chi connectivity index (χ1n) is 11.6. The highest BCUT2D eigenvalue weighted by Crippen LogP contribution is 2.36. The zero-order valence-electron chi connectivity index (χ0n) is 19.6. The molecule has 3 heterocycles. The third-order valence-electron chi connectivity index (χ3n) is 6.31. The van der Waals surface area contributed by atoms with E-state index in [0.717, 1.165) is 44.4 Å². The van der Waals surface area contributed by atoms with Gasteiger partial charge in [-0.25, -0.2) is 9.97 Å². The zero-order valence-corrected chi connectivity index (χ0v) is 19.6. The first kappa shape index (κ1) is 24.0. The van der Waals surface area contributed by atoms with Crippen LogP contribution in [0.25, 0.3) is 22.4 Å². The number of anilines is 1. The molecule has 0 saturated carbocycles. The van der Waals surface area contributed by atoms with Gasteiger partial charge in [0, 0.05) is 44.5 Å². The number of H-pyrrole nitrogens is 1. The largest absolute Gasteiger partial charge is 0.417 e. The fourth-order valence-corrected chi connectivity index (χ4v) is 4.32. The number of hydrogen-bond donors (Lipinski definition) is 2. The van der Waals surface area contributed by atoms with E-state index in [2.05, 4.69) is 37.1 Å². The number of carbonyl (C=O) groups is 1. The second-order valence-corrected chi connectivity index (χ2v) is 8.92. The molecule has 2 N–H and O–H groups in total. The van der Waals surface area contributed by atoms with Crippen molar-refractivity contribution >= 4 is 22.8 Å². The van der Waals surface area contributed by atoms with Crippen LogP contribution in [0.3, 0.4) is 0 Å². The number of nitrogens with one attached hydrogen (secondary N) is 2. The first-order chi connectivity index (χ1) is 17.3. The average molecular weight is 495 g/mol. The van der Waals surface area contributed by atoms with Crippen LogP contribution in [0.5, 0.6) is 0 Å². The molecular formula is C26H25F3N6O. The molecule has 2 aromatic carbocycles. The molecule has 0 spiro atoms. The van der Waals surface area contributed by atoms with Crippen molar-refractivity contribution in [3.8, 4) is 11.4 Å². The maximum Gasteiger partial charge on any atom is 0.417 e. The quantitative estimate of drug-likeness (QED) is 0.423. The van der Waals surface area contributed by atoms with Crippen LogP contribution < -0.4 is 5.32 Å². The van der Waals surface area contributed by atoms with Crippen molar-refractivity contribution in [3.63, 3.8) is 0 Å². The molecule has 1 aliphatic heterocycles. The number of alkyl halides is 3. The number of rotatable bonds is 5. The lowest BCUT2D eigenvalue weighted by Gasteiger charge is -2.32. The monoisotopic (exact) mass is 494 g/mol. The van der Waals surface area contributed by atoms with Crippen LogP contribution in [-0.2, 0) is 12.7 Å². The fraction of sp³-hybridized carbons (Fsp3) is 0.269. The molecule has 1 fully saturated rings. The third-order valence-corrected chi connectivity index (χ3v) is 6.31. The SMILES string of the molecule is CN1CCN(Cc2ccc(NC(=O)c3cccc4[nH]c(-c5ccccc5C(F)(F)F)nc34)nc2)CC1. The van der Waals surface area contributed by atoms with Gasteiger partial charge in [0.25, 0.3) is 5.91 Å². The van der Waals surface area contributed by atoms with E-state index in [1.165, 1.54) is 18.2 Å². The van der Waals surface area contributed by atoms with E-state index in [4.69, 9.17) is 0 Å². The number of hydrogen-bond acceptors (Lipinski definition) is 5. The van der Waals surface area contributed by atoms with Gasteiger partial charge in [-0.3, -0.25) is 9.69 Å². The van der Waals surface area contributed by atoms with E-state index in [0.29, 0.717) is 11.3 Å².